The first-order valence-electron chi connectivity index (χ1n) is 12.1. The Morgan fingerprint density at radius 3 is 2.71 bits per heavy atom. The van der Waals surface area contributed by atoms with Crippen LogP contribution >= 0.6 is 0 Å². The second kappa shape index (κ2) is 10.2. The number of carbonyl (C=O) groups is 1. The van der Waals surface area contributed by atoms with Crippen LogP contribution in [0.15, 0.2) is 64.2 Å². The molecule has 0 spiro atoms. The van der Waals surface area contributed by atoms with Crippen molar-refractivity contribution < 1.29 is 9.32 Å². The first kappa shape index (κ1) is 23.0. The Labute approximate surface area is 203 Å². The van der Waals surface area contributed by atoms with E-state index in [1.165, 1.54) is 22.0 Å². The highest BCUT2D eigenvalue weighted by molar-refractivity contribution is 5.88. The molecule has 0 unspecified atom stereocenters. The van der Waals surface area contributed by atoms with Gasteiger partial charge in [0.05, 0.1) is 0 Å². The van der Waals surface area contributed by atoms with Crippen LogP contribution in [0.4, 0.5) is 0 Å². The highest BCUT2D eigenvalue weighted by Crippen LogP contribution is 2.24. The van der Waals surface area contributed by atoms with Crippen LogP contribution in [0.1, 0.15) is 29.5 Å². The van der Waals surface area contributed by atoms with Gasteiger partial charge in [-0.3, -0.25) is 19.1 Å². The van der Waals surface area contributed by atoms with Gasteiger partial charge in [-0.05, 0) is 30.9 Å². The number of amides is 1. The number of hydrogen-bond donors (Lipinski definition) is 1. The fourth-order valence-corrected chi connectivity index (χ4v) is 4.53. The third-order valence-corrected chi connectivity index (χ3v) is 6.55. The van der Waals surface area contributed by atoms with Gasteiger partial charge in [0, 0.05) is 44.7 Å². The van der Waals surface area contributed by atoms with Gasteiger partial charge < -0.3 is 9.84 Å². The summed E-state index contributed by atoms with van der Waals surface area (Å²) < 4.78 is 6.72. The van der Waals surface area contributed by atoms with Gasteiger partial charge in [-0.1, -0.05) is 59.3 Å². The number of nitrogens with one attached hydrogen (secondary N) is 1. The molecule has 180 valence electrons. The molecule has 0 saturated heterocycles. The molecule has 1 N–H and O–H groups in total. The average molecular weight is 472 g/mol. The topological polar surface area (TPSA) is 93.3 Å². The number of fused-ring (bicyclic) bond motifs is 2. The molecule has 0 fully saturated rings. The summed E-state index contributed by atoms with van der Waals surface area (Å²) in [4.78, 5) is 32.1. The zero-order valence-electron chi connectivity index (χ0n) is 19.9. The largest absolute Gasteiger partial charge is 0.356 e. The fraction of sp³-hybridized carbons (Fsp3) is 0.333. The van der Waals surface area contributed by atoms with E-state index >= 15 is 0 Å². The summed E-state index contributed by atoms with van der Waals surface area (Å²) in [5, 5.41) is 7.37. The third-order valence-electron chi connectivity index (χ3n) is 6.55. The lowest BCUT2D eigenvalue weighted by atomic mass is 10.00. The standard InChI is InChI=1S/C27H29N5O3/c1-19-7-9-21(10-8-19)25-24-26(35-30-25)29-18-32(27(24)34)16-12-23(33)28-13-4-14-31-15-11-20-5-2-3-6-22(20)17-31/h2-3,5-10,18H,4,11-17H2,1H3,(H,28,33). The number of aryl methyl sites for hydroxylation is 2. The lowest BCUT2D eigenvalue weighted by Gasteiger charge is -2.28. The number of benzene rings is 2. The van der Waals surface area contributed by atoms with Crippen molar-refractivity contribution >= 4 is 17.0 Å². The van der Waals surface area contributed by atoms with E-state index in [1.54, 1.807) is 0 Å². The molecule has 0 aliphatic carbocycles. The molecule has 35 heavy (non-hydrogen) atoms. The minimum atomic E-state index is -0.259. The molecule has 8 heteroatoms. The predicted octanol–water partition coefficient (Wildman–Crippen LogP) is 3.31. The molecule has 1 amide bonds. The van der Waals surface area contributed by atoms with Gasteiger partial charge >= 0.3 is 0 Å². The monoisotopic (exact) mass is 471 g/mol. The third kappa shape index (κ3) is 5.17. The molecular weight excluding hydrogens is 442 g/mol. The molecular formula is C27H29N5O3. The van der Waals surface area contributed by atoms with Gasteiger partial charge in [-0.15, -0.1) is 0 Å². The molecule has 1 aliphatic heterocycles. The van der Waals surface area contributed by atoms with Crippen molar-refractivity contribution in [2.45, 2.75) is 39.3 Å². The first-order chi connectivity index (χ1) is 17.1. The molecule has 1 aliphatic rings. The summed E-state index contributed by atoms with van der Waals surface area (Å²) in [5.74, 6) is -0.0786. The van der Waals surface area contributed by atoms with E-state index < -0.39 is 0 Å². The van der Waals surface area contributed by atoms with Gasteiger partial charge in [0.15, 0.2) is 0 Å². The summed E-state index contributed by atoms with van der Waals surface area (Å²) in [6.45, 7) is 5.83. The van der Waals surface area contributed by atoms with Crippen molar-refractivity contribution in [1.82, 2.24) is 24.9 Å². The van der Waals surface area contributed by atoms with Crippen LogP contribution in [0.25, 0.3) is 22.4 Å². The molecule has 2 aromatic carbocycles. The second-order valence-electron chi connectivity index (χ2n) is 9.07. The lowest BCUT2D eigenvalue weighted by molar-refractivity contribution is -0.121. The Kier molecular flexibility index (Phi) is 6.72. The summed E-state index contributed by atoms with van der Waals surface area (Å²) >= 11 is 0. The zero-order chi connectivity index (χ0) is 24.2. The summed E-state index contributed by atoms with van der Waals surface area (Å²) in [6.07, 6.45) is 3.58. The molecule has 4 aromatic rings. The molecule has 5 rings (SSSR count). The number of hydrogen-bond acceptors (Lipinski definition) is 6. The van der Waals surface area contributed by atoms with E-state index in [0.29, 0.717) is 17.6 Å². The van der Waals surface area contributed by atoms with Crippen LogP contribution in [-0.4, -0.2) is 45.1 Å². The highest BCUT2D eigenvalue weighted by atomic mass is 16.5. The van der Waals surface area contributed by atoms with Gasteiger partial charge in [0.1, 0.15) is 17.4 Å². The van der Waals surface area contributed by atoms with Crippen molar-refractivity contribution in [3.05, 3.63) is 81.9 Å². The summed E-state index contributed by atoms with van der Waals surface area (Å²) in [6, 6.07) is 16.3. The van der Waals surface area contributed by atoms with Crippen LogP contribution in [-0.2, 0) is 24.3 Å². The molecule has 3 heterocycles. The highest BCUT2D eigenvalue weighted by Gasteiger charge is 2.18. The Morgan fingerprint density at radius 2 is 1.89 bits per heavy atom. The van der Waals surface area contributed by atoms with E-state index in [0.717, 1.165) is 43.6 Å². The van der Waals surface area contributed by atoms with E-state index in [9.17, 15) is 9.59 Å². The normalized spacial score (nSPS) is 13.6. The maximum Gasteiger partial charge on any atom is 0.266 e. The van der Waals surface area contributed by atoms with Crippen LogP contribution in [0.5, 0.6) is 0 Å². The maximum atomic E-state index is 13.1. The zero-order valence-corrected chi connectivity index (χ0v) is 19.9. The Bertz CT molecular complexity index is 1390. The number of carbonyl (C=O) groups excluding carboxylic acids is 1. The van der Waals surface area contributed by atoms with E-state index in [2.05, 4.69) is 44.6 Å². The first-order valence-corrected chi connectivity index (χ1v) is 12.1. The minimum absolute atomic E-state index is 0.0786. The van der Waals surface area contributed by atoms with Crippen LogP contribution in [0.2, 0.25) is 0 Å². The maximum absolute atomic E-state index is 13.1. The van der Waals surface area contributed by atoms with E-state index in [1.807, 2.05) is 31.2 Å². The summed E-state index contributed by atoms with van der Waals surface area (Å²) in [5.41, 5.74) is 5.16. The number of aromatic nitrogens is 3. The van der Waals surface area contributed by atoms with Crippen LogP contribution in [0, 0.1) is 6.92 Å². The van der Waals surface area contributed by atoms with Gasteiger partial charge in [-0.25, -0.2) is 4.98 Å². The van der Waals surface area contributed by atoms with Crippen molar-refractivity contribution in [2.75, 3.05) is 19.6 Å². The van der Waals surface area contributed by atoms with Crippen LogP contribution in [0.3, 0.4) is 0 Å². The molecule has 0 radical (unpaired) electrons. The van der Waals surface area contributed by atoms with Crippen molar-refractivity contribution in [2.24, 2.45) is 0 Å². The summed E-state index contributed by atoms with van der Waals surface area (Å²) in [7, 11) is 0. The predicted molar refractivity (Wildman–Crippen MR) is 134 cm³/mol. The van der Waals surface area contributed by atoms with Crippen molar-refractivity contribution in [1.29, 1.82) is 0 Å². The SMILES string of the molecule is Cc1ccc(-c2noc3ncn(CCC(=O)NCCCN4CCc5ccccc5C4)c(=O)c23)cc1. The van der Waals surface area contributed by atoms with E-state index in [4.69, 9.17) is 4.52 Å². The molecule has 8 nitrogen and oxygen atoms in total. The minimum Gasteiger partial charge on any atom is -0.356 e. The van der Waals surface area contributed by atoms with Gasteiger partial charge in [-0.2, -0.15) is 0 Å². The smallest absolute Gasteiger partial charge is 0.266 e. The van der Waals surface area contributed by atoms with Crippen LogP contribution < -0.4 is 10.9 Å². The van der Waals surface area contributed by atoms with Gasteiger partial charge in [0.25, 0.3) is 11.3 Å². The Balaban J connectivity index is 1.13. The lowest BCUT2D eigenvalue weighted by Crippen LogP contribution is -2.34. The molecule has 0 atom stereocenters. The Hall–Kier alpha value is -3.78. The fourth-order valence-electron chi connectivity index (χ4n) is 4.53. The van der Waals surface area contributed by atoms with Crippen molar-refractivity contribution in [3.8, 4) is 11.3 Å². The Morgan fingerprint density at radius 1 is 1.09 bits per heavy atom. The van der Waals surface area contributed by atoms with E-state index in [-0.39, 0.29) is 30.1 Å². The molecule has 2 aromatic heterocycles. The quantitative estimate of drug-likeness (QED) is 0.396. The second-order valence-corrected chi connectivity index (χ2v) is 9.07. The van der Waals surface area contributed by atoms with Gasteiger partial charge in [0.2, 0.25) is 5.91 Å². The average Bonchev–Trinajstić information content (AvgIpc) is 3.31. The number of rotatable bonds is 8. The molecule has 0 saturated carbocycles. The molecule has 0 bridgehead atoms. The van der Waals surface area contributed by atoms with Crippen molar-refractivity contribution in [3.63, 3.8) is 0 Å². The number of nitrogens with zero attached hydrogens (tertiary/aromatic N) is 4.